The van der Waals surface area contributed by atoms with Crippen LogP contribution in [0.4, 0.5) is 0 Å². The number of hydrogen-bond acceptors (Lipinski definition) is 3. The average Bonchev–Trinajstić information content (AvgIpc) is 2.97. The molecule has 2 aromatic heterocycles. The minimum absolute atomic E-state index is 0.0951. The molecule has 3 nitrogen and oxygen atoms in total. The van der Waals surface area contributed by atoms with Crippen LogP contribution in [0.25, 0.3) is 31.8 Å². The zero-order valence-electron chi connectivity index (χ0n) is 11.6. The van der Waals surface area contributed by atoms with Gasteiger partial charge in [-0.05, 0) is 11.1 Å². The Morgan fingerprint density at radius 1 is 0.864 bits per heavy atom. The molecule has 0 spiro atoms. The van der Waals surface area contributed by atoms with Gasteiger partial charge in [-0.1, -0.05) is 60.7 Å². The van der Waals surface area contributed by atoms with Gasteiger partial charge in [0.2, 0.25) is 0 Å². The van der Waals surface area contributed by atoms with E-state index < -0.39 is 0 Å². The van der Waals surface area contributed by atoms with Crippen molar-refractivity contribution in [3.05, 3.63) is 77.3 Å². The van der Waals surface area contributed by atoms with E-state index in [9.17, 15) is 4.79 Å². The molecule has 22 heavy (non-hydrogen) atoms. The Bertz CT molecular complexity index is 988. The second-order valence-corrected chi connectivity index (χ2v) is 5.95. The summed E-state index contributed by atoms with van der Waals surface area (Å²) < 4.78 is 0. The Morgan fingerprint density at radius 3 is 2.18 bits per heavy atom. The van der Waals surface area contributed by atoms with Crippen LogP contribution in [0.15, 0.2) is 71.8 Å². The van der Waals surface area contributed by atoms with Gasteiger partial charge in [-0.2, -0.15) is 0 Å². The number of thiophene rings is 1. The van der Waals surface area contributed by atoms with Crippen molar-refractivity contribution < 1.29 is 0 Å². The van der Waals surface area contributed by atoms with Crippen LogP contribution in [0.3, 0.4) is 0 Å². The molecule has 2 aromatic carbocycles. The molecular weight excluding hydrogens is 292 g/mol. The molecule has 4 heteroatoms. The van der Waals surface area contributed by atoms with E-state index in [0.717, 1.165) is 26.4 Å². The van der Waals surface area contributed by atoms with Crippen LogP contribution in [-0.4, -0.2) is 9.97 Å². The first-order chi connectivity index (χ1) is 10.8. The lowest BCUT2D eigenvalue weighted by atomic mass is 10.0. The third kappa shape index (κ3) is 2.05. The summed E-state index contributed by atoms with van der Waals surface area (Å²) in [6, 6.07) is 20.1. The highest BCUT2D eigenvalue weighted by Crippen LogP contribution is 2.42. The SMILES string of the molecule is O=c1[nH]cnc2sc(-c3ccccc3)c(-c3ccccc3)c12. The van der Waals surface area contributed by atoms with Crippen LogP contribution < -0.4 is 5.56 Å². The van der Waals surface area contributed by atoms with Gasteiger partial charge in [0, 0.05) is 10.4 Å². The van der Waals surface area contributed by atoms with Crippen LogP contribution in [0, 0.1) is 0 Å². The van der Waals surface area contributed by atoms with E-state index in [1.54, 1.807) is 11.3 Å². The van der Waals surface area contributed by atoms with Crippen molar-refractivity contribution in [1.29, 1.82) is 0 Å². The zero-order chi connectivity index (χ0) is 14.9. The van der Waals surface area contributed by atoms with E-state index in [2.05, 4.69) is 22.1 Å². The van der Waals surface area contributed by atoms with E-state index in [-0.39, 0.29) is 5.56 Å². The lowest BCUT2D eigenvalue weighted by Crippen LogP contribution is -2.05. The highest BCUT2D eigenvalue weighted by molar-refractivity contribution is 7.22. The van der Waals surface area contributed by atoms with Gasteiger partial charge in [0.25, 0.3) is 5.56 Å². The second kappa shape index (κ2) is 5.24. The van der Waals surface area contributed by atoms with E-state index in [1.165, 1.54) is 6.33 Å². The molecule has 106 valence electrons. The third-order valence-corrected chi connectivity index (χ3v) is 4.74. The topological polar surface area (TPSA) is 45.8 Å². The first-order valence-corrected chi connectivity index (χ1v) is 7.77. The number of nitrogens with zero attached hydrogens (tertiary/aromatic N) is 1. The standard InChI is InChI=1S/C18H12N2OS/c21-17-15-14(12-7-3-1-4-8-12)16(13-9-5-2-6-10-13)22-18(15)20-11-19-17/h1-11H,(H,19,20,21). The maximum Gasteiger partial charge on any atom is 0.260 e. The van der Waals surface area contributed by atoms with Gasteiger partial charge in [-0.3, -0.25) is 4.79 Å². The lowest BCUT2D eigenvalue weighted by Gasteiger charge is -2.04. The number of nitrogens with one attached hydrogen (secondary N) is 1. The van der Waals surface area contributed by atoms with E-state index in [0.29, 0.717) is 5.39 Å². The summed E-state index contributed by atoms with van der Waals surface area (Å²) in [6.45, 7) is 0. The Kier molecular flexibility index (Phi) is 3.09. The first-order valence-electron chi connectivity index (χ1n) is 6.95. The van der Waals surface area contributed by atoms with Crippen molar-refractivity contribution in [3.8, 4) is 21.6 Å². The maximum atomic E-state index is 12.3. The molecule has 2 heterocycles. The van der Waals surface area contributed by atoms with E-state index in [4.69, 9.17) is 0 Å². The highest BCUT2D eigenvalue weighted by atomic mass is 32.1. The van der Waals surface area contributed by atoms with Gasteiger partial charge in [0.15, 0.2) is 0 Å². The molecular formula is C18H12N2OS. The molecule has 4 rings (SSSR count). The number of benzene rings is 2. The molecule has 0 fully saturated rings. The summed E-state index contributed by atoms with van der Waals surface area (Å²) in [5.74, 6) is 0. The molecule has 0 atom stereocenters. The minimum Gasteiger partial charge on any atom is -0.313 e. The molecule has 0 radical (unpaired) electrons. The number of aromatic nitrogens is 2. The number of fused-ring (bicyclic) bond motifs is 1. The molecule has 0 bridgehead atoms. The number of aromatic amines is 1. The van der Waals surface area contributed by atoms with Crippen molar-refractivity contribution >= 4 is 21.6 Å². The van der Waals surface area contributed by atoms with Gasteiger partial charge in [-0.15, -0.1) is 11.3 Å². The van der Waals surface area contributed by atoms with Crippen molar-refractivity contribution in [2.24, 2.45) is 0 Å². The molecule has 4 aromatic rings. The third-order valence-electron chi connectivity index (χ3n) is 3.59. The first kappa shape index (κ1) is 13.0. The lowest BCUT2D eigenvalue weighted by molar-refractivity contribution is 1.18. The molecule has 0 unspecified atom stereocenters. The van der Waals surface area contributed by atoms with Gasteiger partial charge >= 0.3 is 0 Å². The Balaban J connectivity index is 2.14. The summed E-state index contributed by atoms with van der Waals surface area (Å²) >= 11 is 1.55. The maximum absolute atomic E-state index is 12.3. The predicted octanol–water partition coefficient (Wildman–Crippen LogP) is 4.32. The summed E-state index contributed by atoms with van der Waals surface area (Å²) in [5.41, 5.74) is 3.00. The number of H-pyrrole nitrogens is 1. The van der Waals surface area contributed by atoms with Gasteiger partial charge in [0.05, 0.1) is 11.7 Å². The van der Waals surface area contributed by atoms with Crippen molar-refractivity contribution in [2.75, 3.05) is 0 Å². The summed E-state index contributed by atoms with van der Waals surface area (Å²) in [6.07, 6.45) is 1.46. The normalized spacial score (nSPS) is 10.9. The highest BCUT2D eigenvalue weighted by Gasteiger charge is 2.18. The molecule has 0 saturated carbocycles. The smallest absolute Gasteiger partial charge is 0.260 e. The average molecular weight is 304 g/mol. The monoisotopic (exact) mass is 304 g/mol. The van der Waals surface area contributed by atoms with Gasteiger partial charge in [-0.25, -0.2) is 4.98 Å². The van der Waals surface area contributed by atoms with Gasteiger partial charge in [0.1, 0.15) is 4.83 Å². The summed E-state index contributed by atoms with van der Waals surface area (Å²) in [5, 5.41) is 0.664. The molecule has 0 aliphatic rings. The van der Waals surface area contributed by atoms with Crippen LogP contribution in [0.2, 0.25) is 0 Å². The summed E-state index contributed by atoms with van der Waals surface area (Å²) in [4.78, 5) is 21.2. The molecule has 0 amide bonds. The Labute approximate surface area is 130 Å². The Morgan fingerprint density at radius 2 is 1.50 bits per heavy atom. The number of hydrogen-bond donors (Lipinski definition) is 1. The largest absolute Gasteiger partial charge is 0.313 e. The Hall–Kier alpha value is -2.72. The van der Waals surface area contributed by atoms with Crippen molar-refractivity contribution in [3.63, 3.8) is 0 Å². The minimum atomic E-state index is -0.0951. The van der Waals surface area contributed by atoms with Crippen LogP contribution in [0.1, 0.15) is 0 Å². The quantitative estimate of drug-likeness (QED) is 0.599. The molecule has 0 aliphatic heterocycles. The molecule has 0 aliphatic carbocycles. The fourth-order valence-corrected chi connectivity index (χ4v) is 3.79. The molecule has 0 saturated heterocycles. The second-order valence-electron chi connectivity index (χ2n) is 4.95. The van der Waals surface area contributed by atoms with Crippen molar-refractivity contribution in [1.82, 2.24) is 9.97 Å². The van der Waals surface area contributed by atoms with Crippen LogP contribution in [0.5, 0.6) is 0 Å². The number of rotatable bonds is 2. The predicted molar refractivity (Wildman–Crippen MR) is 91.1 cm³/mol. The van der Waals surface area contributed by atoms with E-state index >= 15 is 0 Å². The van der Waals surface area contributed by atoms with Crippen molar-refractivity contribution in [2.45, 2.75) is 0 Å². The van der Waals surface area contributed by atoms with Gasteiger partial charge < -0.3 is 4.98 Å². The zero-order valence-corrected chi connectivity index (χ0v) is 12.4. The molecule has 1 N–H and O–H groups in total. The van der Waals surface area contributed by atoms with E-state index in [1.807, 2.05) is 48.5 Å². The fraction of sp³-hybridized carbons (Fsp3) is 0. The summed E-state index contributed by atoms with van der Waals surface area (Å²) in [7, 11) is 0. The fourth-order valence-electron chi connectivity index (χ4n) is 2.62. The van der Waals surface area contributed by atoms with Crippen LogP contribution >= 0.6 is 11.3 Å². The van der Waals surface area contributed by atoms with Crippen LogP contribution in [-0.2, 0) is 0 Å².